The Bertz CT molecular complexity index is 880. The summed E-state index contributed by atoms with van der Waals surface area (Å²) in [4.78, 5) is 27.1. The van der Waals surface area contributed by atoms with Crippen molar-refractivity contribution in [3.63, 3.8) is 0 Å². The van der Waals surface area contributed by atoms with E-state index in [0.29, 0.717) is 30.3 Å². The molecule has 2 aromatic rings. The van der Waals surface area contributed by atoms with Crippen molar-refractivity contribution in [2.45, 2.75) is 38.6 Å². The van der Waals surface area contributed by atoms with Gasteiger partial charge in [0, 0.05) is 17.0 Å². The Labute approximate surface area is 162 Å². The Morgan fingerprint density at radius 2 is 2.11 bits per heavy atom. The number of rotatable bonds is 6. The first-order chi connectivity index (χ1) is 13.3. The van der Waals surface area contributed by atoms with Gasteiger partial charge in [0.05, 0.1) is 18.5 Å². The molecule has 8 nitrogen and oxygen atoms in total. The monoisotopic (exact) mass is 385 g/mol. The molecule has 0 fully saturated rings. The number of nitrogens with zero attached hydrogens (tertiary/aromatic N) is 1. The summed E-state index contributed by atoms with van der Waals surface area (Å²) in [6.45, 7) is 6.49. The SMILES string of the molecule is CCC(NC(=O)O)C(=O)Nc1ccc(Oc2cccc3c2C(C)(C)CO3)nc1. The Hall–Kier alpha value is -3.29. The molecule has 0 aliphatic carbocycles. The molecule has 8 heteroatoms. The summed E-state index contributed by atoms with van der Waals surface area (Å²) in [5.41, 5.74) is 1.29. The van der Waals surface area contributed by atoms with Crippen molar-refractivity contribution in [3.8, 4) is 17.4 Å². The molecule has 1 atom stereocenters. The Morgan fingerprint density at radius 1 is 1.32 bits per heavy atom. The predicted octanol–water partition coefficient (Wildman–Crippen LogP) is 3.53. The van der Waals surface area contributed by atoms with Crippen LogP contribution in [-0.4, -0.2) is 34.7 Å². The highest BCUT2D eigenvalue weighted by Gasteiger charge is 2.35. The molecule has 1 unspecified atom stereocenters. The standard InChI is InChI=1S/C20H23N3O5/c1-4-13(23-19(25)26)18(24)22-12-8-9-16(21-10-12)28-15-7-5-6-14-17(15)20(2,3)11-27-14/h5-10,13,23H,4,11H2,1-3H3,(H,22,24)(H,25,26). The third-order valence-electron chi connectivity index (χ3n) is 4.49. The molecule has 2 heterocycles. The van der Waals surface area contributed by atoms with Gasteiger partial charge in [0.25, 0.3) is 0 Å². The highest BCUT2D eigenvalue weighted by atomic mass is 16.5. The van der Waals surface area contributed by atoms with E-state index in [4.69, 9.17) is 14.6 Å². The minimum atomic E-state index is -1.24. The maximum Gasteiger partial charge on any atom is 0.405 e. The summed E-state index contributed by atoms with van der Waals surface area (Å²) >= 11 is 0. The van der Waals surface area contributed by atoms with Crippen LogP contribution < -0.4 is 20.1 Å². The van der Waals surface area contributed by atoms with Crippen molar-refractivity contribution in [1.82, 2.24) is 10.3 Å². The van der Waals surface area contributed by atoms with E-state index in [1.807, 2.05) is 18.2 Å². The van der Waals surface area contributed by atoms with Crippen LogP contribution in [0.1, 0.15) is 32.8 Å². The number of carbonyl (C=O) groups excluding carboxylic acids is 1. The number of hydrogen-bond donors (Lipinski definition) is 3. The fraction of sp³-hybridized carbons (Fsp3) is 0.350. The molecular formula is C20H23N3O5. The topological polar surface area (TPSA) is 110 Å². The van der Waals surface area contributed by atoms with Crippen LogP contribution in [0.5, 0.6) is 17.4 Å². The molecule has 1 aliphatic rings. The van der Waals surface area contributed by atoms with Crippen LogP contribution in [0.2, 0.25) is 0 Å². The lowest BCUT2D eigenvalue weighted by molar-refractivity contribution is -0.118. The van der Waals surface area contributed by atoms with Gasteiger partial charge in [0.15, 0.2) is 0 Å². The van der Waals surface area contributed by atoms with Gasteiger partial charge in [0.1, 0.15) is 17.5 Å². The molecule has 0 radical (unpaired) electrons. The minimum Gasteiger partial charge on any atom is -0.492 e. The lowest BCUT2D eigenvalue weighted by Crippen LogP contribution is -2.42. The third-order valence-corrected chi connectivity index (χ3v) is 4.49. The van der Waals surface area contributed by atoms with Crippen molar-refractivity contribution >= 4 is 17.7 Å². The van der Waals surface area contributed by atoms with E-state index in [1.165, 1.54) is 6.20 Å². The van der Waals surface area contributed by atoms with Crippen molar-refractivity contribution in [1.29, 1.82) is 0 Å². The zero-order chi connectivity index (χ0) is 20.3. The second-order valence-corrected chi connectivity index (χ2v) is 7.19. The van der Waals surface area contributed by atoms with E-state index in [-0.39, 0.29) is 5.41 Å². The first kappa shape index (κ1) is 19.5. The number of ether oxygens (including phenoxy) is 2. The van der Waals surface area contributed by atoms with Gasteiger partial charge in [0.2, 0.25) is 11.8 Å². The highest BCUT2D eigenvalue weighted by molar-refractivity contribution is 5.96. The third kappa shape index (κ3) is 4.16. The smallest absolute Gasteiger partial charge is 0.405 e. The molecule has 0 saturated heterocycles. The van der Waals surface area contributed by atoms with Gasteiger partial charge in [-0.25, -0.2) is 9.78 Å². The van der Waals surface area contributed by atoms with Crippen LogP contribution in [0.3, 0.4) is 0 Å². The number of hydrogen-bond acceptors (Lipinski definition) is 5. The first-order valence-corrected chi connectivity index (χ1v) is 9.00. The minimum absolute atomic E-state index is 0.161. The molecule has 0 bridgehead atoms. The molecule has 1 aromatic carbocycles. The molecule has 28 heavy (non-hydrogen) atoms. The number of benzene rings is 1. The maximum atomic E-state index is 12.1. The lowest BCUT2D eigenvalue weighted by atomic mass is 9.86. The predicted molar refractivity (Wildman–Crippen MR) is 103 cm³/mol. The highest BCUT2D eigenvalue weighted by Crippen LogP contribution is 2.45. The number of amides is 2. The molecule has 148 valence electrons. The van der Waals surface area contributed by atoms with Crippen LogP contribution in [0.4, 0.5) is 10.5 Å². The number of anilines is 1. The zero-order valence-corrected chi connectivity index (χ0v) is 16.0. The zero-order valence-electron chi connectivity index (χ0n) is 16.0. The van der Waals surface area contributed by atoms with E-state index in [9.17, 15) is 9.59 Å². The van der Waals surface area contributed by atoms with Gasteiger partial charge in [-0.15, -0.1) is 0 Å². The number of carboxylic acid groups (broad SMARTS) is 1. The summed E-state index contributed by atoms with van der Waals surface area (Å²) in [7, 11) is 0. The van der Waals surface area contributed by atoms with Gasteiger partial charge >= 0.3 is 6.09 Å². The van der Waals surface area contributed by atoms with Gasteiger partial charge in [-0.2, -0.15) is 0 Å². The van der Waals surface area contributed by atoms with Crippen molar-refractivity contribution in [2.24, 2.45) is 0 Å². The van der Waals surface area contributed by atoms with E-state index >= 15 is 0 Å². The Kier molecular flexibility index (Phi) is 5.39. The molecular weight excluding hydrogens is 362 g/mol. The number of pyridine rings is 1. The summed E-state index contributed by atoms with van der Waals surface area (Å²) in [6, 6.07) is 8.11. The van der Waals surface area contributed by atoms with Crippen LogP contribution in [0.15, 0.2) is 36.5 Å². The Balaban J connectivity index is 1.70. The average Bonchev–Trinajstić information content (AvgIpc) is 2.97. The van der Waals surface area contributed by atoms with Crippen molar-refractivity contribution in [2.75, 3.05) is 11.9 Å². The normalized spacial score (nSPS) is 15.1. The van der Waals surface area contributed by atoms with Crippen LogP contribution in [0, 0.1) is 0 Å². The van der Waals surface area contributed by atoms with Gasteiger partial charge in [-0.3, -0.25) is 4.79 Å². The quantitative estimate of drug-likeness (QED) is 0.702. The lowest BCUT2D eigenvalue weighted by Gasteiger charge is -2.19. The summed E-state index contributed by atoms with van der Waals surface area (Å²) in [5, 5.41) is 13.6. The number of aromatic nitrogens is 1. The van der Waals surface area contributed by atoms with Gasteiger partial charge in [-0.1, -0.05) is 26.8 Å². The van der Waals surface area contributed by atoms with Gasteiger partial charge in [-0.05, 0) is 24.6 Å². The average molecular weight is 385 g/mol. The summed E-state index contributed by atoms with van der Waals surface area (Å²) < 4.78 is 11.7. The summed E-state index contributed by atoms with van der Waals surface area (Å²) in [5.74, 6) is 1.42. The van der Waals surface area contributed by atoms with Crippen molar-refractivity contribution < 1.29 is 24.2 Å². The second kappa shape index (κ2) is 7.75. The molecule has 1 aromatic heterocycles. The number of fused-ring (bicyclic) bond motifs is 1. The van der Waals surface area contributed by atoms with E-state index in [0.717, 1.165) is 11.3 Å². The van der Waals surface area contributed by atoms with Crippen LogP contribution in [-0.2, 0) is 10.2 Å². The molecule has 2 amide bonds. The second-order valence-electron chi connectivity index (χ2n) is 7.19. The van der Waals surface area contributed by atoms with E-state index < -0.39 is 18.0 Å². The van der Waals surface area contributed by atoms with Crippen LogP contribution >= 0.6 is 0 Å². The Morgan fingerprint density at radius 3 is 2.75 bits per heavy atom. The molecule has 1 aliphatic heterocycles. The maximum absolute atomic E-state index is 12.1. The fourth-order valence-corrected chi connectivity index (χ4v) is 3.07. The van der Waals surface area contributed by atoms with E-state index in [2.05, 4.69) is 29.5 Å². The summed E-state index contributed by atoms with van der Waals surface area (Å²) in [6.07, 6.45) is 0.557. The molecule has 3 N–H and O–H groups in total. The first-order valence-electron chi connectivity index (χ1n) is 9.00. The van der Waals surface area contributed by atoms with Crippen LogP contribution in [0.25, 0.3) is 0 Å². The number of nitrogens with one attached hydrogen (secondary N) is 2. The fourth-order valence-electron chi connectivity index (χ4n) is 3.07. The van der Waals surface area contributed by atoms with Crippen molar-refractivity contribution in [3.05, 3.63) is 42.1 Å². The number of carbonyl (C=O) groups is 2. The van der Waals surface area contributed by atoms with E-state index in [1.54, 1.807) is 19.1 Å². The largest absolute Gasteiger partial charge is 0.492 e. The molecule has 3 rings (SSSR count). The van der Waals surface area contributed by atoms with Gasteiger partial charge < -0.3 is 25.2 Å². The molecule has 0 spiro atoms. The molecule has 0 saturated carbocycles.